The van der Waals surface area contributed by atoms with Crippen molar-refractivity contribution in [2.75, 3.05) is 19.6 Å². The zero-order valence-corrected chi connectivity index (χ0v) is 21.3. The van der Waals surface area contributed by atoms with Gasteiger partial charge in [-0.2, -0.15) is 0 Å². The molecule has 0 aliphatic heterocycles. The standard InChI is InChI=1S/C28H28ClF3N4O2/c29-25-5-2-1-4-21(25)17-34-13-14-35-27(37)20-8-11-26-23(16-20)24(18-36(26)15-3-12-33)19-6-9-22(10-7-19)38-28(30,31)32/h1-2,4-11,16,18,34H,3,12-15,17,33H2,(H,35,37). The van der Waals surface area contributed by atoms with Crippen molar-refractivity contribution in [2.45, 2.75) is 25.9 Å². The summed E-state index contributed by atoms with van der Waals surface area (Å²) in [6.45, 7) is 2.76. The fourth-order valence-electron chi connectivity index (χ4n) is 4.18. The Bertz CT molecular complexity index is 1390. The van der Waals surface area contributed by atoms with Crippen LogP contribution in [0.3, 0.4) is 0 Å². The van der Waals surface area contributed by atoms with Gasteiger partial charge in [-0.25, -0.2) is 0 Å². The Kier molecular flexibility index (Phi) is 8.93. The Labute approximate surface area is 223 Å². The van der Waals surface area contributed by atoms with E-state index in [4.69, 9.17) is 17.3 Å². The van der Waals surface area contributed by atoms with Crippen LogP contribution < -0.4 is 21.1 Å². The molecule has 0 bridgehead atoms. The monoisotopic (exact) mass is 544 g/mol. The van der Waals surface area contributed by atoms with Crippen LogP contribution in [-0.2, 0) is 13.1 Å². The second-order valence-corrected chi connectivity index (χ2v) is 9.11. The summed E-state index contributed by atoms with van der Waals surface area (Å²) in [5.41, 5.74) is 9.57. The molecule has 0 atom stereocenters. The van der Waals surface area contributed by atoms with Gasteiger partial charge in [0.25, 0.3) is 5.91 Å². The number of nitrogens with two attached hydrogens (primary N) is 1. The summed E-state index contributed by atoms with van der Waals surface area (Å²) in [7, 11) is 0. The third-order valence-electron chi connectivity index (χ3n) is 6.01. The van der Waals surface area contributed by atoms with Crippen molar-refractivity contribution in [2.24, 2.45) is 5.73 Å². The Morgan fingerprint density at radius 2 is 1.79 bits per heavy atom. The molecule has 0 radical (unpaired) electrons. The van der Waals surface area contributed by atoms with Crippen LogP contribution >= 0.6 is 11.6 Å². The van der Waals surface area contributed by atoms with E-state index in [1.165, 1.54) is 12.1 Å². The maximum atomic E-state index is 12.9. The number of fused-ring (bicyclic) bond motifs is 1. The summed E-state index contributed by atoms with van der Waals surface area (Å²) >= 11 is 6.17. The Balaban J connectivity index is 1.48. The third-order valence-corrected chi connectivity index (χ3v) is 6.37. The molecule has 3 aromatic carbocycles. The van der Waals surface area contributed by atoms with E-state index < -0.39 is 6.36 Å². The number of ether oxygens (including phenoxy) is 1. The molecule has 4 aromatic rings. The number of carbonyl (C=O) groups is 1. The summed E-state index contributed by atoms with van der Waals surface area (Å²) in [5.74, 6) is -0.516. The molecule has 10 heteroatoms. The molecular weight excluding hydrogens is 517 g/mol. The number of alkyl halides is 3. The van der Waals surface area contributed by atoms with Gasteiger partial charge >= 0.3 is 6.36 Å². The quantitative estimate of drug-likeness (QED) is 0.211. The molecule has 1 aromatic heterocycles. The smallest absolute Gasteiger partial charge is 0.406 e. The Morgan fingerprint density at radius 3 is 2.50 bits per heavy atom. The fourth-order valence-corrected chi connectivity index (χ4v) is 4.39. The average Bonchev–Trinajstić information content (AvgIpc) is 3.25. The molecule has 6 nitrogen and oxygen atoms in total. The van der Waals surface area contributed by atoms with Gasteiger partial charge in [0, 0.05) is 59.4 Å². The predicted molar refractivity (Wildman–Crippen MR) is 143 cm³/mol. The Hall–Kier alpha value is -3.53. The molecule has 4 rings (SSSR count). The molecule has 200 valence electrons. The maximum absolute atomic E-state index is 12.9. The molecule has 0 unspecified atom stereocenters. The molecule has 1 heterocycles. The molecule has 0 aliphatic carbocycles. The lowest BCUT2D eigenvalue weighted by molar-refractivity contribution is -0.274. The molecule has 0 saturated carbocycles. The number of aryl methyl sites for hydroxylation is 1. The van der Waals surface area contributed by atoms with Crippen molar-refractivity contribution in [1.29, 1.82) is 0 Å². The van der Waals surface area contributed by atoms with E-state index >= 15 is 0 Å². The van der Waals surface area contributed by atoms with Crippen molar-refractivity contribution in [3.63, 3.8) is 0 Å². The molecule has 0 aliphatic rings. The van der Waals surface area contributed by atoms with Crippen molar-refractivity contribution in [3.8, 4) is 16.9 Å². The summed E-state index contributed by atoms with van der Waals surface area (Å²) in [5, 5.41) is 7.68. The number of hydrogen-bond donors (Lipinski definition) is 3. The van der Waals surface area contributed by atoms with Gasteiger partial charge in [0.1, 0.15) is 5.75 Å². The van der Waals surface area contributed by atoms with Gasteiger partial charge in [0.15, 0.2) is 0 Å². The number of halogens is 4. The second-order valence-electron chi connectivity index (χ2n) is 8.71. The number of nitrogens with one attached hydrogen (secondary N) is 2. The van der Waals surface area contributed by atoms with E-state index in [0.29, 0.717) is 48.9 Å². The lowest BCUT2D eigenvalue weighted by atomic mass is 10.0. The van der Waals surface area contributed by atoms with Crippen molar-refractivity contribution < 1.29 is 22.7 Å². The van der Waals surface area contributed by atoms with Gasteiger partial charge in [-0.05, 0) is 60.5 Å². The normalized spacial score (nSPS) is 11.6. The van der Waals surface area contributed by atoms with Crippen LogP contribution in [0.1, 0.15) is 22.3 Å². The molecule has 0 saturated heterocycles. The van der Waals surface area contributed by atoms with Gasteiger partial charge in [-0.15, -0.1) is 13.2 Å². The number of amides is 1. The number of benzene rings is 3. The highest BCUT2D eigenvalue weighted by Crippen LogP contribution is 2.33. The van der Waals surface area contributed by atoms with Crippen LogP contribution in [0.5, 0.6) is 5.75 Å². The summed E-state index contributed by atoms with van der Waals surface area (Å²) in [6, 6.07) is 18.7. The molecule has 4 N–H and O–H groups in total. The van der Waals surface area contributed by atoms with Gasteiger partial charge in [-0.3, -0.25) is 4.79 Å². The first-order chi connectivity index (χ1) is 18.2. The van der Waals surface area contributed by atoms with Crippen LogP contribution in [0.25, 0.3) is 22.0 Å². The van der Waals surface area contributed by atoms with Gasteiger partial charge < -0.3 is 25.7 Å². The molecular formula is C28H28ClF3N4O2. The minimum Gasteiger partial charge on any atom is -0.406 e. The van der Waals surface area contributed by atoms with Crippen LogP contribution in [0, 0.1) is 0 Å². The first kappa shape index (κ1) is 27.5. The summed E-state index contributed by atoms with van der Waals surface area (Å²) in [6.07, 6.45) is -2.07. The van der Waals surface area contributed by atoms with Crippen LogP contribution in [0.2, 0.25) is 5.02 Å². The van der Waals surface area contributed by atoms with Crippen LogP contribution in [0.15, 0.2) is 72.9 Å². The van der Waals surface area contributed by atoms with Crippen molar-refractivity contribution >= 4 is 28.4 Å². The van der Waals surface area contributed by atoms with E-state index in [1.54, 1.807) is 24.3 Å². The molecule has 0 spiro atoms. The number of aromatic nitrogens is 1. The zero-order chi connectivity index (χ0) is 27.1. The lowest BCUT2D eigenvalue weighted by Crippen LogP contribution is -2.31. The van der Waals surface area contributed by atoms with Crippen LogP contribution in [0.4, 0.5) is 13.2 Å². The number of rotatable bonds is 11. The fraction of sp³-hybridized carbons (Fsp3) is 0.250. The first-order valence-electron chi connectivity index (χ1n) is 12.2. The van der Waals surface area contributed by atoms with Gasteiger partial charge in [0.2, 0.25) is 0 Å². The topological polar surface area (TPSA) is 81.3 Å². The number of nitrogens with zero attached hydrogens (tertiary/aromatic N) is 1. The average molecular weight is 545 g/mol. The van der Waals surface area contributed by atoms with E-state index in [1.807, 2.05) is 41.1 Å². The molecule has 38 heavy (non-hydrogen) atoms. The van der Waals surface area contributed by atoms with Crippen molar-refractivity contribution in [1.82, 2.24) is 15.2 Å². The van der Waals surface area contributed by atoms with Gasteiger partial charge in [-0.1, -0.05) is 41.9 Å². The Morgan fingerprint density at radius 1 is 1.03 bits per heavy atom. The summed E-state index contributed by atoms with van der Waals surface area (Å²) < 4.78 is 43.7. The zero-order valence-electron chi connectivity index (χ0n) is 20.5. The van der Waals surface area contributed by atoms with E-state index in [9.17, 15) is 18.0 Å². The minimum atomic E-state index is -4.76. The van der Waals surface area contributed by atoms with E-state index in [0.717, 1.165) is 28.5 Å². The highest BCUT2D eigenvalue weighted by atomic mass is 35.5. The van der Waals surface area contributed by atoms with Crippen molar-refractivity contribution in [3.05, 3.63) is 89.1 Å². The highest BCUT2D eigenvalue weighted by Gasteiger charge is 2.31. The third kappa shape index (κ3) is 7.06. The van der Waals surface area contributed by atoms with E-state index in [-0.39, 0.29) is 11.7 Å². The second kappa shape index (κ2) is 12.3. The maximum Gasteiger partial charge on any atom is 0.573 e. The molecule has 1 amide bonds. The minimum absolute atomic E-state index is 0.221. The van der Waals surface area contributed by atoms with Gasteiger partial charge in [0.05, 0.1) is 0 Å². The first-order valence-corrected chi connectivity index (χ1v) is 12.5. The number of hydrogen-bond acceptors (Lipinski definition) is 4. The largest absolute Gasteiger partial charge is 0.573 e. The number of carbonyl (C=O) groups excluding carboxylic acids is 1. The van der Waals surface area contributed by atoms with E-state index in [2.05, 4.69) is 15.4 Å². The highest BCUT2D eigenvalue weighted by molar-refractivity contribution is 6.31. The predicted octanol–water partition coefficient (Wildman–Crippen LogP) is 5.73. The lowest BCUT2D eigenvalue weighted by Gasteiger charge is -2.10. The SMILES string of the molecule is NCCCn1cc(-c2ccc(OC(F)(F)F)cc2)c2cc(C(=O)NCCNCc3ccccc3Cl)ccc21. The molecule has 0 fully saturated rings. The van der Waals surface area contributed by atoms with Crippen LogP contribution in [-0.4, -0.2) is 36.5 Å². The summed E-state index contributed by atoms with van der Waals surface area (Å²) in [4.78, 5) is 12.9.